The van der Waals surface area contributed by atoms with Crippen LogP contribution in [0.2, 0.25) is 5.02 Å². The quantitative estimate of drug-likeness (QED) is 0.825. The van der Waals surface area contributed by atoms with Gasteiger partial charge in [-0.15, -0.1) is 0 Å². The number of hydrogen-bond donors (Lipinski definition) is 0. The topological polar surface area (TPSA) is 21.7 Å². The van der Waals surface area contributed by atoms with Crippen molar-refractivity contribution in [1.29, 1.82) is 0 Å². The van der Waals surface area contributed by atoms with Gasteiger partial charge in [-0.3, -0.25) is 4.90 Å². The molecule has 0 aliphatic carbocycles. The highest BCUT2D eigenvalue weighted by atomic mass is 35.5. The van der Waals surface area contributed by atoms with E-state index in [0.717, 1.165) is 69.3 Å². The number of piperidine rings is 1. The van der Waals surface area contributed by atoms with Gasteiger partial charge in [-0.25, -0.2) is 0 Å². The lowest BCUT2D eigenvalue weighted by atomic mass is 10.1. The van der Waals surface area contributed by atoms with Crippen molar-refractivity contribution in [3.63, 3.8) is 0 Å². The molecule has 2 fully saturated rings. The number of benzene rings is 1. The standard InChI is InChI=1S/C18H26ClNO2/c1-14-2-3-15(10-18(14)19)11-20-7-4-17(5-8-20)22-13-16-6-9-21-12-16/h2-3,10,16-17H,4-9,11-13H2,1H3/t16-/m1/s1. The summed E-state index contributed by atoms with van der Waals surface area (Å²) in [7, 11) is 0. The molecule has 2 heterocycles. The van der Waals surface area contributed by atoms with Crippen molar-refractivity contribution in [1.82, 2.24) is 4.90 Å². The average molecular weight is 324 g/mol. The average Bonchev–Trinajstić information content (AvgIpc) is 3.04. The summed E-state index contributed by atoms with van der Waals surface area (Å²) in [5.74, 6) is 0.618. The number of halogens is 1. The highest BCUT2D eigenvalue weighted by Gasteiger charge is 2.22. The highest BCUT2D eigenvalue weighted by molar-refractivity contribution is 6.31. The smallest absolute Gasteiger partial charge is 0.0599 e. The van der Waals surface area contributed by atoms with Gasteiger partial charge in [0.15, 0.2) is 0 Å². The van der Waals surface area contributed by atoms with E-state index in [-0.39, 0.29) is 0 Å². The summed E-state index contributed by atoms with van der Waals surface area (Å²) in [6.45, 7) is 7.92. The molecule has 2 saturated heterocycles. The molecule has 0 bridgehead atoms. The zero-order valence-electron chi connectivity index (χ0n) is 13.4. The Morgan fingerprint density at radius 3 is 2.77 bits per heavy atom. The third-order valence-electron chi connectivity index (χ3n) is 4.77. The number of nitrogens with zero attached hydrogens (tertiary/aromatic N) is 1. The predicted molar refractivity (Wildman–Crippen MR) is 89.4 cm³/mol. The van der Waals surface area contributed by atoms with Crippen LogP contribution in [0.5, 0.6) is 0 Å². The number of aryl methyl sites for hydroxylation is 1. The third-order valence-corrected chi connectivity index (χ3v) is 5.18. The summed E-state index contributed by atoms with van der Waals surface area (Å²) < 4.78 is 11.5. The molecule has 1 aromatic rings. The van der Waals surface area contributed by atoms with Crippen molar-refractivity contribution in [2.75, 3.05) is 32.9 Å². The van der Waals surface area contributed by atoms with Gasteiger partial charge in [0, 0.05) is 37.2 Å². The molecular weight excluding hydrogens is 298 g/mol. The lowest BCUT2D eigenvalue weighted by molar-refractivity contribution is -0.0116. The summed E-state index contributed by atoms with van der Waals surface area (Å²) in [6, 6.07) is 6.39. The molecule has 1 atom stereocenters. The summed E-state index contributed by atoms with van der Waals surface area (Å²) in [5.41, 5.74) is 2.45. The summed E-state index contributed by atoms with van der Waals surface area (Å²) >= 11 is 6.21. The Kier molecular flexibility index (Phi) is 5.75. The van der Waals surface area contributed by atoms with Crippen molar-refractivity contribution in [3.8, 4) is 0 Å². The van der Waals surface area contributed by atoms with E-state index < -0.39 is 0 Å². The van der Waals surface area contributed by atoms with Crippen LogP contribution in [0.4, 0.5) is 0 Å². The highest BCUT2D eigenvalue weighted by Crippen LogP contribution is 2.21. The Bertz CT molecular complexity index is 480. The van der Waals surface area contributed by atoms with Crippen LogP contribution in [0, 0.1) is 12.8 Å². The second kappa shape index (κ2) is 7.78. The van der Waals surface area contributed by atoms with E-state index in [4.69, 9.17) is 21.1 Å². The fourth-order valence-corrected chi connectivity index (χ4v) is 3.42. The first-order valence-electron chi connectivity index (χ1n) is 8.37. The molecule has 2 aliphatic rings. The fraction of sp³-hybridized carbons (Fsp3) is 0.667. The van der Waals surface area contributed by atoms with Crippen molar-refractivity contribution in [3.05, 3.63) is 34.3 Å². The molecule has 122 valence electrons. The van der Waals surface area contributed by atoms with E-state index >= 15 is 0 Å². The zero-order chi connectivity index (χ0) is 15.4. The SMILES string of the molecule is Cc1ccc(CN2CCC(OC[C@@H]3CCOC3)CC2)cc1Cl. The molecule has 0 amide bonds. The van der Waals surface area contributed by atoms with Crippen LogP contribution in [0.15, 0.2) is 18.2 Å². The summed E-state index contributed by atoms with van der Waals surface area (Å²) in [5, 5.41) is 0.870. The van der Waals surface area contributed by atoms with Crippen LogP contribution in [-0.4, -0.2) is 43.9 Å². The second-order valence-electron chi connectivity index (χ2n) is 6.62. The fourth-order valence-electron chi connectivity index (χ4n) is 3.21. The Labute approximate surface area is 138 Å². The Balaban J connectivity index is 1.40. The minimum atomic E-state index is 0.429. The molecule has 1 aromatic carbocycles. The van der Waals surface area contributed by atoms with E-state index in [0.29, 0.717) is 12.0 Å². The number of rotatable bonds is 5. The van der Waals surface area contributed by atoms with Gasteiger partial charge >= 0.3 is 0 Å². The molecule has 0 radical (unpaired) electrons. The van der Waals surface area contributed by atoms with Gasteiger partial charge < -0.3 is 9.47 Å². The Morgan fingerprint density at radius 1 is 1.27 bits per heavy atom. The molecule has 0 N–H and O–H groups in total. The first-order chi connectivity index (χ1) is 10.7. The maximum absolute atomic E-state index is 6.21. The number of ether oxygens (including phenoxy) is 2. The third kappa shape index (κ3) is 4.45. The monoisotopic (exact) mass is 323 g/mol. The summed E-state index contributed by atoms with van der Waals surface area (Å²) in [6.07, 6.45) is 3.85. The van der Waals surface area contributed by atoms with Crippen LogP contribution in [0.1, 0.15) is 30.4 Å². The van der Waals surface area contributed by atoms with E-state index in [1.807, 2.05) is 6.92 Å². The van der Waals surface area contributed by atoms with Crippen molar-refractivity contribution in [2.45, 2.75) is 38.8 Å². The van der Waals surface area contributed by atoms with Gasteiger partial charge in [0.1, 0.15) is 0 Å². The van der Waals surface area contributed by atoms with Crippen molar-refractivity contribution >= 4 is 11.6 Å². The van der Waals surface area contributed by atoms with E-state index in [1.54, 1.807) is 0 Å². The van der Waals surface area contributed by atoms with E-state index in [2.05, 4.69) is 23.1 Å². The Hall–Kier alpha value is -0.610. The summed E-state index contributed by atoms with van der Waals surface area (Å²) in [4.78, 5) is 2.50. The first kappa shape index (κ1) is 16.3. The number of hydrogen-bond acceptors (Lipinski definition) is 3. The lowest BCUT2D eigenvalue weighted by Gasteiger charge is -2.32. The zero-order valence-corrected chi connectivity index (χ0v) is 14.1. The maximum Gasteiger partial charge on any atom is 0.0599 e. The van der Waals surface area contributed by atoms with Crippen molar-refractivity contribution < 1.29 is 9.47 Å². The van der Waals surface area contributed by atoms with Gasteiger partial charge in [0.05, 0.1) is 19.3 Å². The van der Waals surface area contributed by atoms with Gasteiger partial charge in [0.25, 0.3) is 0 Å². The van der Waals surface area contributed by atoms with E-state index in [1.165, 1.54) is 5.56 Å². The normalized spacial score (nSPS) is 24.0. The van der Waals surface area contributed by atoms with Crippen LogP contribution in [0.25, 0.3) is 0 Å². The molecule has 0 aromatic heterocycles. The van der Waals surface area contributed by atoms with Gasteiger partial charge in [-0.05, 0) is 43.4 Å². The van der Waals surface area contributed by atoms with Gasteiger partial charge in [-0.2, -0.15) is 0 Å². The molecule has 4 heteroatoms. The molecule has 0 unspecified atom stereocenters. The minimum Gasteiger partial charge on any atom is -0.381 e. The number of likely N-dealkylation sites (tertiary alicyclic amines) is 1. The van der Waals surface area contributed by atoms with Crippen LogP contribution in [-0.2, 0) is 16.0 Å². The minimum absolute atomic E-state index is 0.429. The molecule has 3 nitrogen and oxygen atoms in total. The van der Waals surface area contributed by atoms with Crippen LogP contribution in [0.3, 0.4) is 0 Å². The van der Waals surface area contributed by atoms with Crippen LogP contribution < -0.4 is 0 Å². The van der Waals surface area contributed by atoms with Gasteiger partial charge in [0.2, 0.25) is 0 Å². The van der Waals surface area contributed by atoms with E-state index in [9.17, 15) is 0 Å². The predicted octanol–water partition coefficient (Wildman–Crippen LogP) is 3.67. The maximum atomic E-state index is 6.21. The van der Waals surface area contributed by atoms with Gasteiger partial charge in [-0.1, -0.05) is 23.7 Å². The Morgan fingerprint density at radius 2 is 2.09 bits per heavy atom. The lowest BCUT2D eigenvalue weighted by Crippen LogP contribution is -2.37. The molecule has 22 heavy (non-hydrogen) atoms. The first-order valence-corrected chi connectivity index (χ1v) is 8.75. The molecule has 0 saturated carbocycles. The molecule has 3 rings (SSSR count). The molecular formula is C18H26ClNO2. The van der Waals surface area contributed by atoms with Crippen molar-refractivity contribution in [2.24, 2.45) is 5.92 Å². The molecule has 2 aliphatic heterocycles. The second-order valence-corrected chi connectivity index (χ2v) is 7.03. The molecule has 0 spiro atoms. The van der Waals surface area contributed by atoms with Crippen LogP contribution >= 0.6 is 11.6 Å². The largest absolute Gasteiger partial charge is 0.381 e.